The molecule has 1 aliphatic rings. The van der Waals surface area contributed by atoms with Crippen molar-refractivity contribution in [3.8, 4) is 0 Å². The third kappa shape index (κ3) is 1.82. The van der Waals surface area contributed by atoms with Crippen molar-refractivity contribution >= 4 is 5.91 Å². The topological polar surface area (TPSA) is 55.4 Å². The molecule has 4 heteroatoms. The van der Waals surface area contributed by atoms with E-state index in [9.17, 15) is 10.0 Å². The molecule has 0 aromatic heterocycles. The molecule has 0 aromatic carbocycles. The van der Waals surface area contributed by atoms with Gasteiger partial charge in [0.05, 0.1) is 0 Å². The maximum absolute atomic E-state index is 10.7. The second-order valence-corrected chi connectivity index (χ2v) is 2.32. The van der Waals surface area contributed by atoms with E-state index in [0.29, 0.717) is 11.6 Å². The summed E-state index contributed by atoms with van der Waals surface area (Å²) in [6, 6.07) is 0. The Hall–Kier alpha value is -0.870. The number of hydrogen-bond acceptors (Lipinski definition) is 3. The highest BCUT2D eigenvalue weighted by atomic mass is 16.5. The van der Waals surface area contributed by atoms with Gasteiger partial charge >= 0.3 is 0 Å². The van der Waals surface area contributed by atoms with Crippen LogP contribution in [0, 0.1) is 5.21 Å². The summed E-state index contributed by atoms with van der Waals surface area (Å²) in [5.74, 6) is -0.235. The van der Waals surface area contributed by atoms with Crippen molar-refractivity contribution in [2.45, 2.75) is 13.3 Å². The fourth-order valence-electron chi connectivity index (χ4n) is 0.788. The number of carbonyl (C=O) groups excluding carboxylic acids is 1. The van der Waals surface area contributed by atoms with E-state index in [1.165, 1.54) is 0 Å². The van der Waals surface area contributed by atoms with Crippen molar-refractivity contribution < 1.29 is 4.79 Å². The highest BCUT2D eigenvalue weighted by Crippen LogP contribution is 2.03. The van der Waals surface area contributed by atoms with Crippen LogP contribution in [-0.2, 0) is 4.79 Å². The molecule has 0 fully saturated rings. The van der Waals surface area contributed by atoms with Crippen LogP contribution in [0.3, 0.4) is 0 Å². The number of carbonyl (C=O) groups is 1. The predicted octanol–water partition coefficient (Wildman–Crippen LogP) is 0.167. The number of nitrogens with one attached hydrogen (secondary N) is 1. The van der Waals surface area contributed by atoms with Gasteiger partial charge in [-0.05, 0) is 6.92 Å². The van der Waals surface area contributed by atoms with Gasteiger partial charge in [-0.25, -0.2) is 0 Å². The van der Waals surface area contributed by atoms with E-state index < -0.39 is 0 Å². The lowest BCUT2D eigenvalue weighted by molar-refractivity contribution is -0.123. The lowest BCUT2D eigenvalue weighted by atomic mass is 10.2. The number of hydroxylamine groups is 1. The summed E-state index contributed by atoms with van der Waals surface area (Å²) in [7, 11) is 0. The second-order valence-electron chi connectivity index (χ2n) is 2.32. The van der Waals surface area contributed by atoms with Gasteiger partial charge in [0.25, 0.3) is 0 Å². The van der Waals surface area contributed by atoms with Gasteiger partial charge in [0.1, 0.15) is 0 Å². The standard InChI is InChI=1S/C6H9N2O2/c1-5-2-3-8(10)7-6(9)4-5/h2H,3-4H2,1H3,(H,7,9)/q-1. The van der Waals surface area contributed by atoms with Crippen molar-refractivity contribution in [1.29, 1.82) is 0 Å². The normalized spacial score (nSPS) is 21.4. The first-order valence-corrected chi connectivity index (χ1v) is 3.08. The van der Waals surface area contributed by atoms with Gasteiger partial charge in [0.2, 0.25) is 5.91 Å². The molecule has 0 bridgehead atoms. The van der Waals surface area contributed by atoms with Gasteiger partial charge in [0, 0.05) is 13.0 Å². The minimum atomic E-state index is -0.235. The van der Waals surface area contributed by atoms with Crippen molar-refractivity contribution in [3.05, 3.63) is 16.9 Å². The third-order valence-corrected chi connectivity index (χ3v) is 1.29. The molecular formula is C6H9N2O2-. The van der Waals surface area contributed by atoms with E-state index in [2.05, 4.69) is 5.43 Å². The molecule has 4 nitrogen and oxygen atoms in total. The number of hydrogen-bond donors (Lipinski definition) is 1. The number of amides is 1. The van der Waals surface area contributed by atoms with Gasteiger partial charge in [-0.15, -0.1) is 0 Å². The van der Waals surface area contributed by atoms with E-state index in [1.54, 1.807) is 6.08 Å². The van der Waals surface area contributed by atoms with Crippen molar-refractivity contribution in [1.82, 2.24) is 10.6 Å². The molecule has 1 heterocycles. The molecule has 0 spiro atoms. The zero-order valence-corrected chi connectivity index (χ0v) is 5.76. The largest absolute Gasteiger partial charge is 0.767 e. The summed E-state index contributed by atoms with van der Waals surface area (Å²) in [6.45, 7) is 2.08. The minimum absolute atomic E-state index is 0.235. The first-order valence-electron chi connectivity index (χ1n) is 3.08. The maximum atomic E-state index is 10.7. The van der Waals surface area contributed by atoms with Crippen LogP contribution in [0.2, 0.25) is 0 Å². The molecular weight excluding hydrogens is 132 g/mol. The molecule has 1 N–H and O–H groups in total. The zero-order valence-electron chi connectivity index (χ0n) is 5.76. The third-order valence-electron chi connectivity index (χ3n) is 1.29. The van der Waals surface area contributed by atoms with Crippen LogP contribution in [0.15, 0.2) is 11.6 Å². The maximum Gasteiger partial charge on any atom is 0.237 e. The molecule has 0 radical (unpaired) electrons. The first-order chi connectivity index (χ1) is 4.68. The Morgan fingerprint density at radius 3 is 3.20 bits per heavy atom. The van der Waals surface area contributed by atoms with Crippen LogP contribution in [0.1, 0.15) is 13.3 Å². The van der Waals surface area contributed by atoms with E-state index in [-0.39, 0.29) is 12.5 Å². The molecule has 10 heavy (non-hydrogen) atoms. The molecule has 0 unspecified atom stereocenters. The molecule has 0 aromatic rings. The Balaban J connectivity index is 2.61. The molecule has 1 aliphatic heterocycles. The summed E-state index contributed by atoms with van der Waals surface area (Å²) in [5, 5.41) is 11.1. The summed E-state index contributed by atoms with van der Waals surface area (Å²) in [5.41, 5.74) is 3.10. The van der Waals surface area contributed by atoms with Crippen LogP contribution < -0.4 is 5.43 Å². The Labute approximate surface area is 59.1 Å². The average Bonchev–Trinajstić information content (AvgIpc) is 1.93. The van der Waals surface area contributed by atoms with Crippen LogP contribution in [-0.4, -0.2) is 17.6 Å². The predicted molar refractivity (Wildman–Crippen MR) is 36.6 cm³/mol. The van der Waals surface area contributed by atoms with Crippen LogP contribution in [0.25, 0.3) is 0 Å². The van der Waals surface area contributed by atoms with Gasteiger partial charge in [-0.3, -0.25) is 9.97 Å². The lowest BCUT2D eigenvalue weighted by Crippen LogP contribution is -2.36. The molecule has 0 saturated carbocycles. The fourth-order valence-corrected chi connectivity index (χ4v) is 0.788. The van der Waals surface area contributed by atoms with E-state index in [4.69, 9.17) is 0 Å². The summed E-state index contributed by atoms with van der Waals surface area (Å²) >= 11 is 0. The quantitative estimate of drug-likeness (QED) is 0.489. The molecule has 1 rings (SSSR count). The Morgan fingerprint density at radius 1 is 1.80 bits per heavy atom. The Kier molecular flexibility index (Phi) is 2.03. The molecule has 1 amide bonds. The molecule has 0 aliphatic carbocycles. The van der Waals surface area contributed by atoms with Crippen molar-refractivity contribution in [3.63, 3.8) is 0 Å². The van der Waals surface area contributed by atoms with Crippen LogP contribution in [0.4, 0.5) is 0 Å². The van der Waals surface area contributed by atoms with Gasteiger partial charge in [-0.1, -0.05) is 11.6 Å². The SMILES string of the molecule is CC1=CCN([O-])NC(=O)C1. The Morgan fingerprint density at radius 2 is 2.50 bits per heavy atom. The van der Waals surface area contributed by atoms with Crippen molar-refractivity contribution in [2.75, 3.05) is 6.54 Å². The first kappa shape index (κ1) is 7.24. The number of hydrazine groups is 1. The smallest absolute Gasteiger partial charge is 0.237 e. The monoisotopic (exact) mass is 141 g/mol. The van der Waals surface area contributed by atoms with Gasteiger partial charge in [0.15, 0.2) is 0 Å². The number of nitrogens with zero attached hydrogens (tertiary/aromatic N) is 1. The average molecular weight is 141 g/mol. The Bertz CT molecular complexity index is 177. The molecule has 56 valence electrons. The highest BCUT2D eigenvalue weighted by molar-refractivity contribution is 5.78. The van der Waals surface area contributed by atoms with Crippen molar-refractivity contribution in [2.24, 2.45) is 0 Å². The molecule has 0 atom stereocenters. The summed E-state index contributed by atoms with van der Waals surface area (Å²) < 4.78 is 0. The van der Waals surface area contributed by atoms with Gasteiger partial charge in [-0.2, -0.15) is 0 Å². The summed E-state index contributed by atoms with van der Waals surface area (Å²) in [4.78, 5) is 10.7. The lowest BCUT2D eigenvalue weighted by Gasteiger charge is -2.24. The fraction of sp³-hybridized carbons (Fsp3) is 0.500. The second kappa shape index (κ2) is 2.81. The van der Waals surface area contributed by atoms with E-state index in [1.807, 2.05) is 6.92 Å². The minimum Gasteiger partial charge on any atom is -0.767 e. The van der Waals surface area contributed by atoms with Crippen LogP contribution >= 0.6 is 0 Å². The van der Waals surface area contributed by atoms with E-state index in [0.717, 1.165) is 5.57 Å². The van der Waals surface area contributed by atoms with Gasteiger partial charge < -0.3 is 10.6 Å². The summed E-state index contributed by atoms with van der Waals surface area (Å²) in [6.07, 6.45) is 2.07. The molecule has 0 saturated heterocycles. The van der Waals surface area contributed by atoms with Crippen LogP contribution in [0.5, 0.6) is 0 Å². The number of rotatable bonds is 0. The zero-order chi connectivity index (χ0) is 7.56. The van der Waals surface area contributed by atoms with E-state index >= 15 is 0 Å². The highest BCUT2D eigenvalue weighted by Gasteiger charge is 2.05.